The van der Waals surface area contributed by atoms with Crippen molar-refractivity contribution in [3.63, 3.8) is 0 Å². The summed E-state index contributed by atoms with van der Waals surface area (Å²) in [5.41, 5.74) is 7.65. The third-order valence-electron chi connectivity index (χ3n) is 1.60. The second-order valence-electron chi connectivity index (χ2n) is 2.53. The average molecular weight is 156 g/mol. The molecule has 0 radical (unpaired) electrons. The fourth-order valence-electron chi connectivity index (χ4n) is 0.630. The first-order chi connectivity index (χ1) is 5.09. The van der Waals surface area contributed by atoms with Gasteiger partial charge in [0.1, 0.15) is 0 Å². The van der Waals surface area contributed by atoms with Gasteiger partial charge in [-0.3, -0.25) is 0 Å². The minimum absolute atomic E-state index is 0.562. The fourth-order valence-corrected chi connectivity index (χ4v) is 0.630. The third-order valence-corrected chi connectivity index (χ3v) is 1.60. The maximum Gasteiger partial charge on any atom is 0.0517 e. The van der Waals surface area contributed by atoms with E-state index in [9.17, 15) is 0 Å². The number of ether oxygens (including phenoxy) is 1. The lowest BCUT2D eigenvalue weighted by atomic mass is 10.1. The van der Waals surface area contributed by atoms with Crippen LogP contribution in [0.25, 0.3) is 0 Å². The van der Waals surface area contributed by atoms with Crippen LogP contribution in [0.5, 0.6) is 0 Å². The summed E-state index contributed by atoms with van der Waals surface area (Å²) in [6.07, 6.45) is 0.636. The lowest BCUT2D eigenvalue weighted by Gasteiger charge is -2.04. The molecule has 0 saturated heterocycles. The first-order valence-corrected chi connectivity index (χ1v) is 3.59. The molecule has 0 aromatic carbocycles. The SMILES string of the molecule is COCCC(=N)/C(C)=C(/C)N. The van der Waals surface area contributed by atoms with E-state index < -0.39 is 0 Å². The zero-order valence-corrected chi connectivity index (χ0v) is 7.40. The van der Waals surface area contributed by atoms with Crippen LogP contribution in [0.3, 0.4) is 0 Å². The van der Waals surface area contributed by atoms with Gasteiger partial charge in [0.2, 0.25) is 0 Å². The Hall–Kier alpha value is -0.830. The van der Waals surface area contributed by atoms with Crippen molar-refractivity contribution in [2.24, 2.45) is 5.73 Å². The largest absolute Gasteiger partial charge is 0.402 e. The fraction of sp³-hybridized carbons (Fsp3) is 0.625. The smallest absolute Gasteiger partial charge is 0.0517 e. The number of hydrogen-bond donors (Lipinski definition) is 2. The van der Waals surface area contributed by atoms with Crippen LogP contribution >= 0.6 is 0 Å². The summed E-state index contributed by atoms with van der Waals surface area (Å²) in [7, 11) is 1.63. The lowest BCUT2D eigenvalue weighted by Crippen LogP contribution is -2.08. The van der Waals surface area contributed by atoms with Crippen molar-refractivity contribution in [3.8, 4) is 0 Å². The van der Waals surface area contributed by atoms with Crippen molar-refractivity contribution >= 4 is 5.71 Å². The molecule has 3 nitrogen and oxygen atoms in total. The van der Waals surface area contributed by atoms with Gasteiger partial charge in [0.15, 0.2) is 0 Å². The molecule has 0 fully saturated rings. The molecule has 0 bridgehead atoms. The van der Waals surface area contributed by atoms with Gasteiger partial charge in [0.25, 0.3) is 0 Å². The summed E-state index contributed by atoms with van der Waals surface area (Å²) in [4.78, 5) is 0. The maximum absolute atomic E-state index is 7.51. The highest BCUT2D eigenvalue weighted by Gasteiger charge is 2.00. The molecule has 0 rings (SSSR count). The predicted octanol–water partition coefficient (Wildman–Crippen LogP) is 1.30. The minimum atomic E-state index is 0.562. The molecule has 11 heavy (non-hydrogen) atoms. The molecule has 0 amide bonds. The number of allylic oxidation sites excluding steroid dienone is 2. The van der Waals surface area contributed by atoms with Gasteiger partial charge in [0.05, 0.1) is 6.61 Å². The zero-order valence-electron chi connectivity index (χ0n) is 7.40. The normalized spacial score (nSPS) is 12.6. The molecule has 0 aliphatic heterocycles. The molecule has 0 atom stereocenters. The molecule has 0 saturated carbocycles. The highest BCUT2D eigenvalue weighted by atomic mass is 16.5. The topological polar surface area (TPSA) is 59.1 Å². The Kier molecular flexibility index (Phi) is 4.54. The van der Waals surface area contributed by atoms with E-state index in [2.05, 4.69) is 0 Å². The van der Waals surface area contributed by atoms with Gasteiger partial charge in [-0.2, -0.15) is 0 Å². The Balaban J connectivity index is 3.95. The molecule has 0 unspecified atom stereocenters. The summed E-state index contributed by atoms with van der Waals surface area (Å²) in [5, 5.41) is 7.51. The Morgan fingerprint density at radius 1 is 1.45 bits per heavy atom. The number of nitrogens with one attached hydrogen (secondary N) is 1. The number of hydrogen-bond acceptors (Lipinski definition) is 3. The molecule has 0 aliphatic rings. The van der Waals surface area contributed by atoms with Crippen molar-refractivity contribution in [2.75, 3.05) is 13.7 Å². The number of methoxy groups -OCH3 is 1. The van der Waals surface area contributed by atoms with Gasteiger partial charge in [0, 0.05) is 24.9 Å². The van der Waals surface area contributed by atoms with Crippen LogP contribution in [0.2, 0.25) is 0 Å². The van der Waals surface area contributed by atoms with E-state index in [1.54, 1.807) is 14.0 Å². The molecule has 0 aromatic heterocycles. The Bertz CT molecular complexity index is 169. The Labute approximate surface area is 67.7 Å². The van der Waals surface area contributed by atoms with Crippen LogP contribution in [0.4, 0.5) is 0 Å². The molecular weight excluding hydrogens is 140 g/mol. The molecule has 3 N–H and O–H groups in total. The predicted molar refractivity (Wildman–Crippen MR) is 46.8 cm³/mol. The van der Waals surface area contributed by atoms with Crippen molar-refractivity contribution in [2.45, 2.75) is 20.3 Å². The molecule has 0 spiro atoms. The first-order valence-electron chi connectivity index (χ1n) is 3.59. The molecule has 64 valence electrons. The summed E-state index contributed by atoms with van der Waals surface area (Å²) in [6.45, 7) is 4.24. The molecule has 3 heteroatoms. The Morgan fingerprint density at radius 2 is 2.00 bits per heavy atom. The van der Waals surface area contributed by atoms with Crippen LogP contribution in [-0.2, 0) is 4.74 Å². The highest BCUT2D eigenvalue weighted by Crippen LogP contribution is 2.02. The molecular formula is C8H16N2O. The minimum Gasteiger partial charge on any atom is -0.402 e. The number of nitrogens with two attached hydrogens (primary N) is 1. The highest BCUT2D eigenvalue weighted by molar-refractivity contribution is 5.97. The average Bonchev–Trinajstić information content (AvgIpc) is 1.98. The second-order valence-corrected chi connectivity index (χ2v) is 2.53. The summed E-state index contributed by atoms with van der Waals surface area (Å²) in [6, 6.07) is 0. The van der Waals surface area contributed by atoms with Gasteiger partial charge in [-0.15, -0.1) is 0 Å². The van der Waals surface area contributed by atoms with Crippen LogP contribution < -0.4 is 5.73 Å². The van der Waals surface area contributed by atoms with E-state index in [4.69, 9.17) is 15.9 Å². The Morgan fingerprint density at radius 3 is 2.36 bits per heavy atom. The van der Waals surface area contributed by atoms with E-state index in [1.165, 1.54) is 0 Å². The summed E-state index contributed by atoms with van der Waals surface area (Å²) < 4.78 is 4.84. The van der Waals surface area contributed by atoms with Crippen LogP contribution in [-0.4, -0.2) is 19.4 Å². The van der Waals surface area contributed by atoms with Gasteiger partial charge in [-0.25, -0.2) is 0 Å². The van der Waals surface area contributed by atoms with E-state index in [0.29, 0.717) is 24.4 Å². The lowest BCUT2D eigenvalue weighted by molar-refractivity contribution is 0.207. The van der Waals surface area contributed by atoms with Crippen LogP contribution in [0, 0.1) is 5.41 Å². The third kappa shape index (κ3) is 3.78. The first kappa shape index (κ1) is 10.2. The van der Waals surface area contributed by atoms with Crippen LogP contribution in [0.15, 0.2) is 11.3 Å². The van der Waals surface area contributed by atoms with E-state index in [1.807, 2.05) is 6.92 Å². The van der Waals surface area contributed by atoms with Crippen molar-refractivity contribution in [1.29, 1.82) is 5.41 Å². The summed E-state index contributed by atoms with van der Waals surface area (Å²) in [5.74, 6) is 0. The van der Waals surface area contributed by atoms with Gasteiger partial charge >= 0.3 is 0 Å². The standard InChI is InChI=1S/C8H16N2O/c1-6(7(2)9)8(10)4-5-11-3/h10H,4-5,9H2,1-3H3/b7-6-,10-8?. The van der Waals surface area contributed by atoms with Crippen LogP contribution in [0.1, 0.15) is 20.3 Å². The van der Waals surface area contributed by atoms with Crippen molar-refractivity contribution < 1.29 is 4.74 Å². The summed E-state index contributed by atoms with van der Waals surface area (Å²) >= 11 is 0. The van der Waals surface area contributed by atoms with E-state index in [-0.39, 0.29) is 0 Å². The number of rotatable bonds is 4. The van der Waals surface area contributed by atoms with Gasteiger partial charge in [-0.05, 0) is 19.4 Å². The van der Waals surface area contributed by atoms with Crippen molar-refractivity contribution in [1.82, 2.24) is 0 Å². The maximum atomic E-state index is 7.51. The zero-order chi connectivity index (χ0) is 8.85. The van der Waals surface area contributed by atoms with Gasteiger partial charge < -0.3 is 15.9 Å². The van der Waals surface area contributed by atoms with E-state index in [0.717, 1.165) is 5.57 Å². The van der Waals surface area contributed by atoms with Gasteiger partial charge in [-0.1, -0.05) is 0 Å². The van der Waals surface area contributed by atoms with E-state index >= 15 is 0 Å². The second kappa shape index (κ2) is 4.91. The van der Waals surface area contributed by atoms with Crippen molar-refractivity contribution in [3.05, 3.63) is 11.3 Å². The quantitative estimate of drug-likeness (QED) is 0.603. The monoisotopic (exact) mass is 156 g/mol. The molecule has 0 heterocycles. The molecule has 0 aromatic rings. The molecule has 0 aliphatic carbocycles.